The standard InChI is InChI=1S/C12H15N3O2S/c1-16-7-4-8(9-6-11(13)15-14-9)12(17-2)10(5-7)18-3/h4-6H,1-3H3,(H3,13,14,15). The molecule has 0 amide bonds. The van der Waals surface area contributed by atoms with Crippen molar-refractivity contribution in [1.82, 2.24) is 10.2 Å². The van der Waals surface area contributed by atoms with E-state index in [1.807, 2.05) is 18.4 Å². The predicted molar refractivity (Wildman–Crippen MR) is 73.3 cm³/mol. The molecule has 0 radical (unpaired) electrons. The van der Waals surface area contributed by atoms with Crippen LogP contribution in [0.4, 0.5) is 5.82 Å². The van der Waals surface area contributed by atoms with E-state index in [-0.39, 0.29) is 0 Å². The van der Waals surface area contributed by atoms with E-state index in [2.05, 4.69) is 10.2 Å². The van der Waals surface area contributed by atoms with E-state index in [1.165, 1.54) is 0 Å². The third kappa shape index (κ3) is 2.24. The number of benzene rings is 1. The van der Waals surface area contributed by atoms with Crippen LogP contribution >= 0.6 is 11.8 Å². The zero-order chi connectivity index (χ0) is 13.1. The van der Waals surface area contributed by atoms with Gasteiger partial charge in [-0.2, -0.15) is 5.10 Å². The average molecular weight is 265 g/mol. The molecule has 0 aliphatic carbocycles. The lowest BCUT2D eigenvalue weighted by molar-refractivity contribution is 0.395. The van der Waals surface area contributed by atoms with Gasteiger partial charge in [-0.05, 0) is 18.4 Å². The van der Waals surface area contributed by atoms with Gasteiger partial charge in [0.2, 0.25) is 0 Å². The summed E-state index contributed by atoms with van der Waals surface area (Å²) in [5, 5.41) is 6.81. The van der Waals surface area contributed by atoms with Crippen LogP contribution in [0.15, 0.2) is 23.1 Å². The van der Waals surface area contributed by atoms with Crippen LogP contribution in [0.5, 0.6) is 11.5 Å². The fraction of sp³-hybridized carbons (Fsp3) is 0.250. The first kappa shape index (κ1) is 12.6. The molecular weight excluding hydrogens is 250 g/mol. The number of hydrogen-bond donors (Lipinski definition) is 2. The Balaban J connectivity index is 2.63. The van der Waals surface area contributed by atoms with Gasteiger partial charge in [-0.3, -0.25) is 5.10 Å². The molecule has 1 heterocycles. The number of H-pyrrole nitrogens is 1. The first-order valence-electron chi connectivity index (χ1n) is 5.31. The Morgan fingerprint density at radius 3 is 2.50 bits per heavy atom. The lowest BCUT2D eigenvalue weighted by Crippen LogP contribution is -1.93. The second-order valence-electron chi connectivity index (χ2n) is 3.62. The van der Waals surface area contributed by atoms with Gasteiger partial charge >= 0.3 is 0 Å². The van der Waals surface area contributed by atoms with Crippen molar-refractivity contribution in [2.45, 2.75) is 4.90 Å². The van der Waals surface area contributed by atoms with Crippen molar-refractivity contribution in [2.24, 2.45) is 0 Å². The molecule has 5 nitrogen and oxygen atoms in total. The monoisotopic (exact) mass is 265 g/mol. The van der Waals surface area contributed by atoms with Crippen LogP contribution in [0.1, 0.15) is 0 Å². The number of thioether (sulfide) groups is 1. The number of nitrogens with zero attached hydrogens (tertiary/aromatic N) is 1. The van der Waals surface area contributed by atoms with Crippen LogP contribution in [0.2, 0.25) is 0 Å². The second-order valence-corrected chi connectivity index (χ2v) is 4.47. The number of methoxy groups -OCH3 is 2. The quantitative estimate of drug-likeness (QED) is 0.830. The minimum absolute atomic E-state index is 0.445. The van der Waals surface area contributed by atoms with E-state index in [0.717, 1.165) is 27.7 Å². The molecule has 0 saturated carbocycles. The summed E-state index contributed by atoms with van der Waals surface area (Å²) in [5.41, 5.74) is 7.31. The average Bonchev–Trinajstić information content (AvgIpc) is 2.83. The molecule has 1 aromatic carbocycles. The highest BCUT2D eigenvalue weighted by Gasteiger charge is 2.15. The molecule has 0 fully saturated rings. The summed E-state index contributed by atoms with van der Waals surface area (Å²) in [5.74, 6) is 2.00. The normalized spacial score (nSPS) is 10.4. The Morgan fingerprint density at radius 1 is 1.22 bits per heavy atom. The van der Waals surface area contributed by atoms with E-state index >= 15 is 0 Å². The predicted octanol–water partition coefficient (Wildman–Crippen LogP) is 2.40. The molecule has 18 heavy (non-hydrogen) atoms. The molecule has 1 aromatic heterocycles. The molecule has 2 aromatic rings. The number of nitrogens with one attached hydrogen (secondary N) is 1. The van der Waals surface area contributed by atoms with E-state index < -0.39 is 0 Å². The summed E-state index contributed by atoms with van der Waals surface area (Å²) in [6.07, 6.45) is 1.99. The van der Waals surface area contributed by atoms with Crippen LogP contribution < -0.4 is 15.2 Å². The molecule has 0 aliphatic heterocycles. The molecule has 96 valence electrons. The summed E-state index contributed by atoms with van der Waals surface area (Å²) in [6.45, 7) is 0. The van der Waals surface area contributed by atoms with Crippen molar-refractivity contribution in [1.29, 1.82) is 0 Å². The zero-order valence-electron chi connectivity index (χ0n) is 10.5. The largest absolute Gasteiger partial charge is 0.497 e. The van der Waals surface area contributed by atoms with Crippen LogP contribution in [-0.4, -0.2) is 30.7 Å². The number of anilines is 1. The maximum absolute atomic E-state index is 5.63. The molecule has 0 bridgehead atoms. The summed E-state index contributed by atoms with van der Waals surface area (Å²) in [4.78, 5) is 1.00. The Bertz CT molecular complexity index is 554. The van der Waals surface area contributed by atoms with E-state index in [4.69, 9.17) is 15.2 Å². The van der Waals surface area contributed by atoms with Gasteiger partial charge in [0.25, 0.3) is 0 Å². The van der Waals surface area contributed by atoms with Gasteiger partial charge in [0.15, 0.2) is 0 Å². The molecule has 0 unspecified atom stereocenters. The molecule has 0 aliphatic rings. The van der Waals surface area contributed by atoms with Crippen molar-refractivity contribution >= 4 is 17.6 Å². The Labute approximate surface area is 110 Å². The molecule has 2 rings (SSSR count). The highest BCUT2D eigenvalue weighted by Crippen LogP contribution is 2.40. The number of nitrogens with two attached hydrogens (primary N) is 1. The van der Waals surface area contributed by atoms with Gasteiger partial charge in [-0.1, -0.05) is 0 Å². The van der Waals surface area contributed by atoms with Crippen molar-refractivity contribution in [2.75, 3.05) is 26.2 Å². The van der Waals surface area contributed by atoms with Crippen molar-refractivity contribution < 1.29 is 9.47 Å². The van der Waals surface area contributed by atoms with Gasteiger partial charge in [0.05, 0.1) is 24.8 Å². The third-order valence-electron chi connectivity index (χ3n) is 2.58. The first-order valence-corrected chi connectivity index (χ1v) is 6.53. The number of ether oxygens (including phenoxy) is 2. The maximum atomic E-state index is 5.63. The lowest BCUT2D eigenvalue weighted by atomic mass is 10.1. The zero-order valence-corrected chi connectivity index (χ0v) is 11.3. The Kier molecular flexibility index (Phi) is 3.66. The Morgan fingerprint density at radius 2 is 2.00 bits per heavy atom. The summed E-state index contributed by atoms with van der Waals surface area (Å²) in [7, 11) is 3.28. The topological polar surface area (TPSA) is 73.2 Å². The van der Waals surface area contributed by atoms with Gasteiger partial charge in [0, 0.05) is 11.6 Å². The van der Waals surface area contributed by atoms with Gasteiger partial charge < -0.3 is 15.2 Å². The van der Waals surface area contributed by atoms with E-state index in [0.29, 0.717) is 5.82 Å². The molecule has 0 saturated heterocycles. The van der Waals surface area contributed by atoms with E-state index in [9.17, 15) is 0 Å². The minimum atomic E-state index is 0.445. The molecule has 6 heteroatoms. The number of aromatic amines is 1. The van der Waals surface area contributed by atoms with Crippen molar-refractivity contribution in [3.05, 3.63) is 18.2 Å². The van der Waals surface area contributed by atoms with Crippen LogP contribution in [0, 0.1) is 0 Å². The fourth-order valence-corrected chi connectivity index (χ4v) is 2.34. The third-order valence-corrected chi connectivity index (χ3v) is 3.32. The number of hydrogen-bond acceptors (Lipinski definition) is 5. The summed E-state index contributed by atoms with van der Waals surface area (Å²) >= 11 is 1.59. The van der Waals surface area contributed by atoms with Crippen molar-refractivity contribution in [3.63, 3.8) is 0 Å². The number of aromatic nitrogens is 2. The molecule has 0 atom stereocenters. The second kappa shape index (κ2) is 5.22. The van der Waals surface area contributed by atoms with E-state index in [1.54, 1.807) is 32.0 Å². The Hall–Kier alpha value is -1.82. The van der Waals surface area contributed by atoms with Crippen LogP contribution in [-0.2, 0) is 0 Å². The number of nitrogen functional groups attached to an aromatic ring is 1. The summed E-state index contributed by atoms with van der Waals surface area (Å²) < 4.78 is 10.8. The van der Waals surface area contributed by atoms with Crippen molar-refractivity contribution in [3.8, 4) is 22.8 Å². The molecule has 0 spiro atoms. The van der Waals surface area contributed by atoms with Crippen LogP contribution in [0.3, 0.4) is 0 Å². The van der Waals surface area contributed by atoms with Gasteiger partial charge in [0.1, 0.15) is 17.3 Å². The highest BCUT2D eigenvalue weighted by molar-refractivity contribution is 7.98. The number of rotatable bonds is 4. The minimum Gasteiger partial charge on any atom is -0.497 e. The highest BCUT2D eigenvalue weighted by atomic mass is 32.2. The fourth-order valence-electron chi connectivity index (χ4n) is 1.73. The van der Waals surface area contributed by atoms with Gasteiger partial charge in [-0.15, -0.1) is 11.8 Å². The van der Waals surface area contributed by atoms with Crippen LogP contribution in [0.25, 0.3) is 11.3 Å². The molecule has 3 N–H and O–H groups in total. The SMILES string of the molecule is COc1cc(SC)c(OC)c(-c2cc(N)n[nH]2)c1. The molecular formula is C12H15N3O2S. The smallest absolute Gasteiger partial charge is 0.145 e. The lowest BCUT2D eigenvalue weighted by Gasteiger charge is -2.13. The maximum Gasteiger partial charge on any atom is 0.145 e. The van der Waals surface area contributed by atoms with Gasteiger partial charge in [-0.25, -0.2) is 0 Å². The first-order chi connectivity index (χ1) is 8.69. The summed E-state index contributed by atoms with van der Waals surface area (Å²) in [6, 6.07) is 5.60.